The molecule has 0 aromatic heterocycles. The molecule has 1 atom stereocenters. The van der Waals surface area contributed by atoms with E-state index in [1.165, 1.54) is 11.3 Å². The molecule has 0 saturated heterocycles. The van der Waals surface area contributed by atoms with Crippen molar-refractivity contribution in [2.24, 2.45) is 0 Å². The van der Waals surface area contributed by atoms with E-state index in [1.54, 1.807) is 7.11 Å². The van der Waals surface area contributed by atoms with Gasteiger partial charge in [-0.3, -0.25) is 9.69 Å². The molecule has 0 aliphatic carbocycles. The third kappa shape index (κ3) is 3.59. The first-order chi connectivity index (χ1) is 15.3. The molecule has 0 spiro atoms. The Morgan fingerprint density at radius 2 is 1.58 bits per heavy atom. The second-order valence-corrected chi connectivity index (χ2v) is 8.06. The number of hydrogen-bond donors (Lipinski definition) is 0. The Bertz CT molecular complexity index is 1110. The fourth-order valence-electron chi connectivity index (χ4n) is 4.79. The topological polar surface area (TPSA) is 32.8 Å². The number of nitrogens with zero attached hydrogens (tertiary/aromatic N) is 2. The summed E-state index contributed by atoms with van der Waals surface area (Å²) in [6.45, 7) is 1.72. The highest BCUT2D eigenvalue weighted by Gasteiger charge is 2.41. The van der Waals surface area contributed by atoms with E-state index in [-0.39, 0.29) is 11.9 Å². The quantitative estimate of drug-likeness (QED) is 0.570. The third-order valence-electron chi connectivity index (χ3n) is 6.28. The maximum Gasteiger partial charge on any atom is 0.256 e. The average molecular weight is 411 g/mol. The van der Waals surface area contributed by atoms with Crippen LogP contribution in [-0.4, -0.2) is 24.5 Å². The van der Waals surface area contributed by atoms with Crippen LogP contribution in [-0.2, 0) is 11.3 Å². The number of anilines is 1. The van der Waals surface area contributed by atoms with Gasteiger partial charge in [0, 0.05) is 30.8 Å². The van der Waals surface area contributed by atoms with E-state index < -0.39 is 0 Å². The fraction of sp³-hybridized carbons (Fsp3) is 0.222. The summed E-state index contributed by atoms with van der Waals surface area (Å²) in [5.41, 5.74) is 5.37. The van der Waals surface area contributed by atoms with Gasteiger partial charge in [0.05, 0.1) is 18.8 Å². The van der Waals surface area contributed by atoms with Crippen LogP contribution in [0.1, 0.15) is 30.0 Å². The molecule has 0 fully saturated rings. The third-order valence-corrected chi connectivity index (χ3v) is 6.28. The van der Waals surface area contributed by atoms with Crippen LogP contribution in [0.5, 0.6) is 5.75 Å². The smallest absolute Gasteiger partial charge is 0.256 e. The number of carbonyl (C=O) groups excluding carboxylic acids is 1. The maximum absolute atomic E-state index is 13.8. The van der Waals surface area contributed by atoms with Crippen molar-refractivity contribution in [2.75, 3.05) is 18.6 Å². The van der Waals surface area contributed by atoms with E-state index in [1.807, 2.05) is 53.4 Å². The summed E-state index contributed by atoms with van der Waals surface area (Å²) in [6, 6.07) is 28.6. The first-order valence-electron chi connectivity index (χ1n) is 10.8. The van der Waals surface area contributed by atoms with Gasteiger partial charge in [-0.15, -0.1) is 0 Å². The lowest BCUT2D eigenvalue weighted by Crippen LogP contribution is -2.40. The standard InChI is InChI=1S/C27H26N2O2/c1-31-26-15-9-8-14-23(26)29-24(21-12-6-3-7-13-21)18-25-22(27(29)30)16-17-28(25)19-20-10-4-2-5-11-20/h2-15,24H,16-19H2,1H3. The van der Waals surface area contributed by atoms with Crippen LogP contribution in [0.3, 0.4) is 0 Å². The van der Waals surface area contributed by atoms with Crippen LogP contribution in [0.25, 0.3) is 0 Å². The Labute approximate surface area is 183 Å². The highest BCUT2D eigenvalue weighted by molar-refractivity contribution is 6.08. The van der Waals surface area contributed by atoms with Crippen molar-refractivity contribution >= 4 is 11.6 Å². The van der Waals surface area contributed by atoms with Crippen molar-refractivity contribution in [3.05, 3.63) is 107 Å². The molecule has 31 heavy (non-hydrogen) atoms. The molecule has 3 aromatic carbocycles. The minimum atomic E-state index is -0.0693. The summed E-state index contributed by atoms with van der Waals surface area (Å²) >= 11 is 0. The second kappa shape index (κ2) is 8.31. The number of benzene rings is 3. The van der Waals surface area contributed by atoms with Crippen molar-refractivity contribution in [1.82, 2.24) is 4.90 Å². The number of rotatable bonds is 5. The molecule has 2 aliphatic heterocycles. The van der Waals surface area contributed by atoms with Gasteiger partial charge in [0.25, 0.3) is 5.91 Å². The number of ether oxygens (including phenoxy) is 1. The Morgan fingerprint density at radius 3 is 2.32 bits per heavy atom. The molecule has 4 heteroatoms. The van der Waals surface area contributed by atoms with E-state index in [2.05, 4.69) is 41.3 Å². The molecule has 4 nitrogen and oxygen atoms in total. The summed E-state index contributed by atoms with van der Waals surface area (Å²) in [6.07, 6.45) is 1.59. The van der Waals surface area contributed by atoms with Gasteiger partial charge in [-0.05, 0) is 29.7 Å². The van der Waals surface area contributed by atoms with Crippen molar-refractivity contribution in [1.29, 1.82) is 0 Å². The van der Waals surface area contributed by atoms with E-state index >= 15 is 0 Å². The zero-order chi connectivity index (χ0) is 21.2. The van der Waals surface area contributed by atoms with Crippen molar-refractivity contribution < 1.29 is 9.53 Å². The molecule has 1 unspecified atom stereocenters. The number of methoxy groups -OCH3 is 1. The predicted molar refractivity (Wildman–Crippen MR) is 123 cm³/mol. The minimum Gasteiger partial charge on any atom is -0.495 e. The molecule has 0 saturated carbocycles. The SMILES string of the molecule is COc1ccccc1N1C(=O)C2=C(CC1c1ccccc1)N(Cc1ccccc1)CC2. The summed E-state index contributed by atoms with van der Waals surface area (Å²) in [5.74, 6) is 0.815. The Kier molecular flexibility index (Phi) is 5.21. The number of para-hydroxylation sites is 2. The van der Waals surface area contributed by atoms with Crippen LogP contribution in [0.2, 0.25) is 0 Å². The minimum absolute atomic E-state index is 0.0693. The molecule has 0 radical (unpaired) electrons. The largest absolute Gasteiger partial charge is 0.495 e. The number of amides is 1. The Balaban J connectivity index is 1.56. The predicted octanol–water partition coefficient (Wildman–Crippen LogP) is 5.33. The monoisotopic (exact) mass is 410 g/mol. The maximum atomic E-state index is 13.8. The van der Waals surface area contributed by atoms with Crippen molar-refractivity contribution in [2.45, 2.75) is 25.4 Å². The van der Waals surface area contributed by atoms with Crippen molar-refractivity contribution in [3.8, 4) is 5.75 Å². The molecular formula is C27H26N2O2. The molecular weight excluding hydrogens is 384 g/mol. The molecule has 2 aliphatic rings. The first kappa shape index (κ1) is 19.4. The Morgan fingerprint density at radius 1 is 0.903 bits per heavy atom. The van der Waals surface area contributed by atoms with Crippen LogP contribution in [0.4, 0.5) is 5.69 Å². The van der Waals surface area contributed by atoms with Gasteiger partial charge in [-0.25, -0.2) is 0 Å². The lowest BCUT2D eigenvalue weighted by molar-refractivity contribution is -0.116. The molecule has 0 bridgehead atoms. The molecule has 1 amide bonds. The van der Waals surface area contributed by atoms with Gasteiger partial charge in [0.1, 0.15) is 5.75 Å². The number of hydrogen-bond acceptors (Lipinski definition) is 3. The molecule has 156 valence electrons. The van der Waals surface area contributed by atoms with Gasteiger partial charge in [-0.1, -0.05) is 72.8 Å². The van der Waals surface area contributed by atoms with E-state index in [0.717, 1.165) is 48.5 Å². The first-order valence-corrected chi connectivity index (χ1v) is 10.8. The summed E-state index contributed by atoms with van der Waals surface area (Å²) in [7, 11) is 1.66. The van der Waals surface area contributed by atoms with Crippen LogP contribution >= 0.6 is 0 Å². The lowest BCUT2D eigenvalue weighted by atomic mass is 9.92. The van der Waals surface area contributed by atoms with Crippen molar-refractivity contribution in [3.63, 3.8) is 0 Å². The highest BCUT2D eigenvalue weighted by Crippen LogP contribution is 2.45. The molecule has 2 heterocycles. The van der Waals surface area contributed by atoms with Gasteiger partial charge in [0.15, 0.2) is 0 Å². The van der Waals surface area contributed by atoms with Crippen LogP contribution in [0, 0.1) is 0 Å². The number of carbonyl (C=O) groups is 1. The molecule has 0 N–H and O–H groups in total. The second-order valence-electron chi connectivity index (χ2n) is 8.06. The summed E-state index contributed by atoms with van der Waals surface area (Å²) in [5, 5.41) is 0. The Hall–Kier alpha value is -3.53. The summed E-state index contributed by atoms with van der Waals surface area (Å²) in [4.78, 5) is 18.2. The summed E-state index contributed by atoms with van der Waals surface area (Å²) < 4.78 is 5.62. The highest BCUT2D eigenvalue weighted by atomic mass is 16.5. The van der Waals surface area contributed by atoms with E-state index in [0.29, 0.717) is 0 Å². The van der Waals surface area contributed by atoms with Crippen LogP contribution in [0.15, 0.2) is 96.2 Å². The zero-order valence-electron chi connectivity index (χ0n) is 17.7. The fourth-order valence-corrected chi connectivity index (χ4v) is 4.79. The van der Waals surface area contributed by atoms with E-state index in [4.69, 9.17) is 4.74 Å². The van der Waals surface area contributed by atoms with Gasteiger partial charge in [0.2, 0.25) is 0 Å². The van der Waals surface area contributed by atoms with E-state index in [9.17, 15) is 4.79 Å². The zero-order valence-corrected chi connectivity index (χ0v) is 17.7. The molecule has 3 aromatic rings. The van der Waals surface area contributed by atoms with Gasteiger partial charge < -0.3 is 9.64 Å². The van der Waals surface area contributed by atoms with Gasteiger partial charge in [-0.2, -0.15) is 0 Å². The van der Waals surface area contributed by atoms with Gasteiger partial charge >= 0.3 is 0 Å². The average Bonchev–Trinajstić information content (AvgIpc) is 3.23. The lowest BCUT2D eigenvalue weighted by Gasteiger charge is -2.39. The normalized spacial score (nSPS) is 18.4. The van der Waals surface area contributed by atoms with Crippen LogP contribution < -0.4 is 9.64 Å². The molecule has 5 rings (SSSR count).